The van der Waals surface area contributed by atoms with Gasteiger partial charge in [0.15, 0.2) is 0 Å². The van der Waals surface area contributed by atoms with Crippen LogP contribution in [-0.2, 0) is 9.59 Å². The fraction of sp³-hybridized carbons (Fsp3) is 0.818. The molecule has 96 valence electrons. The Morgan fingerprint density at radius 2 is 2.18 bits per heavy atom. The molecule has 1 aliphatic heterocycles. The van der Waals surface area contributed by atoms with Crippen molar-refractivity contribution in [2.24, 2.45) is 5.73 Å². The highest BCUT2D eigenvalue weighted by molar-refractivity contribution is 8.00. The molecule has 0 unspecified atom stereocenters. The topological polar surface area (TPSA) is 75.4 Å². The van der Waals surface area contributed by atoms with Crippen LogP contribution in [0.25, 0.3) is 0 Å². The van der Waals surface area contributed by atoms with Crippen LogP contribution in [0.5, 0.6) is 0 Å². The molecule has 0 aromatic rings. The molecular weight excluding hydrogens is 238 g/mol. The number of carbonyl (C=O) groups excluding carboxylic acids is 2. The van der Waals surface area contributed by atoms with Gasteiger partial charge in [-0.3, -0.25) is 9.59 Å². The van der Waals surface area contributed by atoms with Crippen molar-refractivity contribution < 1.29 is 9.59 Å². The van der Waals surface area contributed by atoms with Crippen LogP contribution >= 0.6 is 11.8 Å². The fourth-order valence-electron chi connectivity index (χ4n) is 2.48. The molecule has 0 spiro atoms. The summed E-state index contributed by atoms with van der Waals surface area (Å²) in [6.07, 6.45) is 4.15. The number of hydrogen-bond donors (Lipinski definition) is 2. The summed E-state index contributed by atoms with van der Waals surface area (Å²) in [5.74, 6) is 1.10. The monoisotopic (exact) mass is 257 g/mol. The molecule has 2 aliphatic rings. The normalized spacial score (nSPS) is 23.1. The number of thioether (sulfide) groups is 1. The Kier molecular flexibility index (Phi) is 3.93. The van der Waals surface area contributed by atoms with Gasteiger partial charge in [-0.25, -0.2) is 0 Å². The number of carbonyl (C=O) groups is 2. The maximum atomic E-state index is 11.9. The smallest absolute Gasteiger partial charge is 0.240 e. The molecule has 2 amide bonds. The molecule has 0 bridgehead atoms. The third kappa shape index (κ3) is 2.93. The van der Waals surface area contributed by atoms with E-state index < -0.39 is 0 Å². The van der Waals surface area contributed by atoms with E-state index in [1.807, 2.05) is 0 Å². The third-order valence-electron chi connectivity index (χ3n) is 3.52. The van der Waals surface area contributed by atoms with Gasteiger partial charge in [-0.15, -0.1) is 11.8 Å². The highest BCUT2D eigenvalue weighted by Gasteiger charge is 2.34. The lowest BCUT2D eigenvalue weighted by Gasteiger charge is -2.29. The number of amides is 2. The fourth-order valence-corrected chi connectivity index (χ4v) is 3.38. The summed E-state index contributed by atoms with van der Waals surface area (Å²) in [6.45, 7) is 0.662. The number of nitrogens with two attached hydrogens (primary N) is 1. The Morgan fingerprint density at radius 1 is 1.47 bits per heavy atom. The molecule has 17 heavy (non-hydrogen) atoms. The quantitative estimate of drug-likeness (QED) is 0.738. The first kappa shape index (κ1) is 12.7. The Morgan fingerprint density at radius 3 is 2.71 bits per heavy atom. The molecule has 2 rings (SSSR count). The summed E-state index contributed by atoms with van der Waals surface area (Å²) in [4.78, 5) is 24.9. The van der Waals surface area contributed by atoms with Crippen molar-refractivity contribution in [3.63, 3.8) is 0 Å². The number of rotatable bonds is 4. The van der Waals surface area contributed by atoms with Gasteiger partial charge in [0.1, 0.15) is 6.54 Å². The van der Waals surface area contributed by atoms with Gasteiger partial charge in [-0.1, -0.05) is 12.8 Å². The molecule has 0 aromatic heterocycles. The molecule has 5 nitrogen and oxygen atoms in total. The van der Waals surface area contributed by atoms with Gasteiger partial charge in [0.25, 0.3) is 0 Å². The summed E-state index contributed by atoms with van der Waals surface area (Å²) >= 11 is 1.55. The zero-order valence-electron chi connectivity index (χ0n) is 9.91. The standard InChI is InChI=1S/C11H19N3O2S/c12-7-11(3-1-2-4-11)13-9(15)5-14-8-17-6-10(14)16/h1-8,12H2,(H,13,15). The second kappa shape index (κ2) is 5.27. The first-order chi connectivity index (χ1) is 8.15. The van der Waals surface area contributed by atoms with Gasteiger partial charge in [-0.2, -0.15) is 0 Å². The SMILES string of the molecule is NCC1(NC(=O)CN2CSCC2=O)CCCC1. The van der Waals surface area contributed by atoms with Crippen molar-refractivity contribution in [3.8, 4) is 0 Å². The van der Waals surface area contributed by atoms with Crippen molar-refractivity contribution in [2.75, 3.05) is 24.7 Å². The van der Waals surface area contributed by atoms with Crippen LogP contribution in [0.2, 0.25) is 0 Å². The van der Waals surface area contributed by atoms with Crippen molar-refractivity contribution in [1.29, 1.82) is 0 Å². The molecule has 1 saturated heterocycles. The van der Waals surface area contributed by atoms with E-state index in [1.54, 1.807) is 16.7 Å². The molecule has 3 N–H and O–H groups in total. The minimum Gasteiger partial charge on any atom is -0.348 e. The van der Waals surface area contributed by atoms with Gasteiger partial charge in [0, 0.05) is 6.54 Å². The zero-order chi connectivity index (χ0) is 12.3. The van der Waals surface area contributed by atoms with Crippen molar-refractivity contribution in [2.45, 2.75) is 31.2 Å². The largest absolute Gasteiger partial charge is 0.348 e. The van der Waals surface area contributed by atoms with Crippen molar-refractivity contribution in [3.05, 3.63) is 0 Å². The Hall–Kier alpha value is -0.750. The number of nitrogens with one attached hydrogen (secondary N) is 1. The average Bonchev–Trinajstić information content (AvgIpc) is 2.90. The lowest BCUT2D eigenvalue weighted by atomic mass is 9.98. The van der Waals surface area contributed by atoms with E-state index in [9.17, 15) is 9.59 Å². The van der Waals surface area contributed by atoms with Crippen LogP contribution < -0.4 is 11.1 Å². The minimum absolute atomic E-state index is 0.0540. The van der Waals surface area contributed by atoms with Gasteiger partial charge in [-0.05, 0) is 12.8 Å². The van der Waals surface area contributed by atoms with Crippen LogP contribution in [0, 0.1) is 0 Å². The van der Waals surface area contributed by atoms with Gasteiger partial charge >= 0.3 is 0 Å². The molecular formula is C11H19N3O2S. The van der Waals surface area contributed by atoms with Crippen LogP contribution in [0.15, 0.2) is 0 Å². The van der Waals surface area contributed by atoms with Crippen LogP contribution in [-0.4, -0.2) is 47.0 Å². The Balaban J connectivity index is 1.86. The summed E-state index contributed by atoms with van der Waals surface area (Å²) < 4.78 is 0. The van der Waals surface area contributed by atoms with E-state index in [1.165, 1.54) is 0 Å². The highest BCUT2D eigenvalue weighted by Crippen LogP contribution is 2.28. The molecule has 0 atom stereocenters. The lowest BCUT2D eigenvalue weighted by Crippen LogP contribution is -2.54. The molecule has 0 aromatic carbocycles. The maximum absolute atomic E-state index is 11.9. The summed E-state index contributed by atoms with van der Waals surface area (Å²) in [5.41, 5.74) is 5.54. The van der Waals surface area contributed by atoms with Crippen LogP contribution in [0.3, 0.4) is 0 Å². The van der Waals surface area contributed by atoms with E-state index in [2.05, 4.69) is 5.32 Å². The van der Waals surface area contributed by atoms with E-state index in [0.717, 1.165) is 25.7 Å². The molecule has 0 radical (unpaired) electrons. The minimum atomic E-state index is -0.215. The first-order valence-corrected chi connectivity index (χ1v) is 7.17. The second-order valence-corrected chi connectivity index (χ2v) is 5.76. The van der Waals surface area contributed by atoms with Gasteiger partial charge in [0.05, 0.1) is 17.2 Å². The molecule has 2 fully saturated rings. The van der Waals surface area contributed by atoms with Crippen LogP contribution in [0.1, 0.15) is 25.7 Å². The molecule has 6 heteroatoms. The van der Waals surface area contributed by atoms with Gasteiger partial charge < -0.3 is 16.0 Å². The Labute approximate surface area is 105 Å². The molecule has 1 saturated carbocycles. The van der Waals surface area contributed by atoms with E-state index in [4.69, 9.17) is 5.73 Å². The van der Waals surface area contributed by atoms with Crippen LogP contribution in [0.4, 0.5) is 0 Å². The molecule has 1 aliphatic carbocycles. The predicted octanol–water partition coefficient (Wildman–Crippen LogP) is -0.0930. The Bertz CT molecular complexity index is 316. The lowest BCUT2D eigenvalue weighted by molar-refractivity contribution is -0.133. The summed E-state index contributed by atoms with van der Waals surface area (Å²) in [6, 6.07) is 0. The zero-order valence-corrected chi connectivity index (χ0v) is 10.7. The maximum Gasteiger partial charge on any atom is 0.240 e. The highest BCUT2D eigenvalue weighted by atomic mass is 32.2. The van der Waals surface area contributed by atoms with E-state index >= 15 is 0 Å². The number of hydrogen-bond acceptors (Lipinski definition) is 4. The van der Waals surface area contributed by atoms with Gasteiger partial charge in [0.2, 0.25) is 11.8 Å². The summed E-state index contributed by atoms with van der Waals surface area (Å²) in [7, 11) is 0. The van der Waals surface area contributed by atoms with E-state index in [0.29, 0.717) is 18.2 Å². The average molecular weight is 257 g/mol. The third-order valence-corrected chi connectivity index (χ3v) is 4.46. The van der Waals surface area contributed by atoms with Crippen molar-refractivity contribution >= 4 is 23.6 Å². The first-order valence-electron chi connectivity index (χ1n) is 6.02. The van der Waals surface area contributed by atoms with E-state index in [-0.39, 0.29) is 23.9 Å². The molecule has 1 heterocycles. The number of nitrogens with zero attached hydrogens (tertiary/aromatic N) is 1. The second-order valence-electron chi connectivity index (χ2n) is 4.81. The summed E-state index contributed by atoms with van der Waals surface area (Å²) in [5, 5.41) is 3.02. The predicted molar refractivity (Wildman–Crippen MR) is 67.4 cm³/mol. The van der Waals surface area contributed by atoms with Crippen molar-refractivity contribution in [1.82, 2.24) is 10.2 Å².